The molecule has 0 bridgehead atoms. The van der Waals surface area contributed by atoms with Crippen molar-refractivity contribution in [2.75, 3.05) is 16.0 Å². The fraction of sp³-hybridized carbons (Fsp3) is 0.261. The van der Waals surface area contributed by atoms with Gasteiger partial charge in [-0.05, 0) is 43.9 Å². The van der Waals surface area contributed by atoms with Gasteiger partial charge in [0.25, 0.3) is 5.91 Å². The van der Waals surface area contributed by atoms with Crippen LogP contribution in [0.25, 0.3) is 5.65 Å². The molecule has 12 heteroatoms. The Hall–Kier alpha value is -4.19. The van der Waals surface area contributed by atoms with E-state index in [1.807, 2.05) is 0 Å². The number of hydrogen-bond acceptors (Lipinski definition) is 8. The monoisotopic (exact) mass is 479 g/mol. The molecule has 0 aliphatic heterocycles. The molecule has 180 valence electrons. The molecule has 1 amide bonds. The van der Waals surface area contributed by atoms with Crippen molar-refractivity contribution in [3.05, 3.63) is 66.4 Å². The van der Waals surface area contributed by atoms with Crippen LogP contribution in [0, 0.1) is 11.6 Å². The summed E-state index contributed by atoms with van der Waals surface area (Å²) in [6.07, 6.45) is 8.42. The van der Waals surface area contributed by atoms with Crippen LogP contribution in [0.4, 0.5) is 31.8 Å². The van der Waals surface area contributed by atoms with Gasteiger partial charge in [0.15, 0.2) is 17.2 Å². The first-order valence-electron chi connectivity index (χ1n) is 11.2. The molecule has 35 heavy (non-hydrogen) atoms. The van der Waals surface area contributed by atoms with E-state index in [0.717, 1.165) is 38.1 Å². The van der Waals surface area contributed by atoms with Gasteiger partial charge < -0.3 is 21.7 Å². The number of amides is 1. The molecule has 10 nitrogen and oxygen atoms in total. The van der Waals surface area contributed by atoms with Crippen molar-refractivity contribution in [2.45, 2.75) is 37.8 Å². The number of halogens is 2. The number of carbonyl (C=O) groups excluding carboxylic acids is 1. The first-order valence-corrected chi connectivity index (χ1v) is 11.2. The molecular weight excluding hydrogens is 456 g/mol. The van der Waals surface area contributed by atoms with E-state index in [2.05, 4.69) is 36.0 Å². The third kappa shape index (κ3) is 5.01. The molecule has 0 spiro atoms. The predicted molar refractivity (Wildman–Crippen MR) is 126 cm³/mol. The van der Waals surface area contributed by atoms with Crippen LogP contribution in [0.15, 0.2) is 49.1 Å². The summed E-state index contributed by atoms with van der Waals surface area (Å²) in [7, 11) is 0. The van der Waals surface area contributed by atoms with Crippen LogP contribution in [-0.2, 0) is 0 Å². The van der Waals surface area contributed by atoms with Crippen LogP contribution in [0.3, 0.4) is 0 Å². The number of imidazole rings is 1. The van der Waals surface area contributed by atoms with E-state index in [9.17, 15) is 13.6 Å². The average Bonchev–Trinajstić information content (AvgIpc) is 3.28. The molecule has 0 saturated heterocycles. The lowest BCUT2D eigenvalue weighted by atomic mass is 9.92. The SMILES string of the molecule is N[C@H]1CC[C@H](Nc2cc(Nc3ccc(F)cn3)c3ncc(C(=O)Nc4ccncc4F)n3n2)CC1. The fourth-order valence-corrected chi connectivity index (χ4v) is 4.01. The minimum absolute atomic E-state index is 0.0124. The van der Waals surface area contributed by atoms with Crippen LogP contribution in [-0.4, -0.2) is 42.6 Å². The third-order valence-electron chi connectivity index (χ3n) is 5.83. The smallest absolute Gasteiger partial charge is 0.276 e. The number of nitrogens with one attached hydrogen (secondary N) is 3. The van der Waals surface area contributed by atoms with Crippen molar-refractivity contribution in [1.29, 1.82) is 0 Å². The zero-order valence-electron chi connectivity index (χ0n) is 18.6. The third-order valence-corrected chi connectivity index (χ3v) is 5.83. The number of carbonyl (C=O) groups is 1. The number of nitrogens with two attached hydrogens (primary N) is 1. The summed E-state index contributed by atoms with van der Waals surface area (Å²) in [5, 5.41) is 13.6. The average molecular weight is 479 g/mol. The predicted octanol–water partition coefficient (Wildman–Crippen LogP) is 3.48. The summed E-state index contributed by atoms with van der Waals surface area (Å²) >= 11 is 0. The summed E-state index contributed by atoms with van der Waals surface area (Å²) in [4.78, 5) is 25.0. The minimum atomic E-state index is -0.662. The molecule has 4 aromatic rings. The summed E-state index contributed by atoms with van der Waals surface area (Å²) in [5.74, 6) is -0.824. The Kier molecular flexibility index (Phi) is 6.19. The molecule has 4 heterocycles. The minimum Gasteiger partial charge on any atom is -0.366 e. The molecular formula is C23H23F2N9O. The molecule has 1 aliphatic rings. The Morgan fingerprint density at radius 2 is 1.83 bits per heavy atom. The summed E-state index contributed by atoms with van der Waals surface area (Å²) in [6.45, 7) is 0. The zero-order valence-corrected chi connectivity index (χ0v) is 18.6. The van der Waals surface area contributed by atoms with Gasteiger partial charge in [-0.2, -0.15) is 0 Å². The molecule has 5 rings (SSSR count). The van der Waals surface area contributed by atoms with Crippen molar-refractivity contribution in [3.63, 3.8) is 0 Å². The van der Waals surface area contributed by atoms with Gasteiger partial charge >= 0.3 is 0 Å². The van der Waals surface area contributed by atoms with Crippen LogP contribution >= 0.6 is 0 Å². The summed E-state index contributed by atoms with van der Waals surface area (Å²) < 4.78 is 28.7. The van der Waals surface area contributed by atoms with Gasteiger partial charge in [-0.15, -0.1) is 5.10 Å². The molecule has 1 saturated carbocycles. The van der Waals surface area contributed by atoms with Gasteiger partial charge in [0.2, 0.25) is 0 Å². The van der Waals surface area contributed by atoms with Crippen molar-refractivity contribution in [2.24, 2.45) is 5.73 Å². The highest BCUT2D eigenvalue weighted by Gasteiger charge is 2.22. The van der Waals surface area contributed by atoms with E-state index in [4.69, 9.17) is 5.73 Å². The second-order valence-electron chi connectivity index (χ2n) is 8.37. The van der Waals surface area contributed by atoms with Gasteiger partial charge in [0, 0.05) is 24.3 Å². The van der Waals surface area contributed by atoms with E-state index < -0.39 is 17.5 Å². The largest absolute Gasteiger partial charge is 0.366 e. The quantitative estimate of drug-likeness (QED) is 0.330. The van der Waals surface area contributed by atoms with Gasteiger partial charge in [-0.3, -0.25) is 9.78 Å². The lowest BCUT2D eigenvalue weighted by molar-refractivity contribution is 0.102. The Morgan fingerprint density at radius 1 is 1.00 bits per heavy atom. The van der Waals surface area contributed by atoms with Gasteiger partial charge in [0.1, 0.15) is 17.5 Å². The fourth-order valence-electron chi connectivity index (χ4n) is 4.01. The van der Waals surface area contributed by atoms with E-state index in [1.165, 1.54) is 35.1 Å². The van der Waals surface area contributed by atoms with E-state index in [1.54, 1.807) is 6.07 Å². The Labute approximate surface area is 199 Å². The molecule has 1 aliphatic carbocycles. The van der Waals surface area contributed by atoms with Crippen LogP contribution in [0.5, 0.6) is 0 Å². The molecule has 0 aromatic carbocycles. The number of hydrogen-bond donors (Lipinski definition) is 4. The van der Waals surface area contributed by atoms with Crippen molar-refractivity contribution in [1.82, 2.24) is 24.6 Å². The standard InChI is InChI=1S/C23H23F2N9O/c24-13-1-6-20(28-10-13)31-18-9-21(30-15-4-2-14(26)3-5-15)33-34-19(12-29-22(18)34)23(35)32-17-7-8-27-11-16(17)25/h1,6-12,14-15H,2-5,26H2,(H,28,31)(H,30,33)(H,27,32,35)/t14-,15-. The highest BCUT2D eigenvalue weighted by molar-refractivity contribution is 6.03. The maximum Gasteiger partial charge on any atom is 0.276 e. The second-order valence-corrected chi connectivity index (χ2v) is 8.37. The summed E-state index contributed by atoms with van der Waals surface area (Å²) in [5.41, 5.74) is 6.95. The molecule has 0 atom stereocenters. The highest BCUT2D eigenvalue weighted by atomic mass is 19.1. The normalized spacial score (nSPS) is 17.8. The molecule has 0 radical (unpaired) electrons. The first kappa shape index (κ1) is 22.6. The maximum absolute atomic E-state index is 14.0. The Bertz CT molecular complexity index is 1350. The second kappa shape index (κ2) is 9.58. The number of aromatic nitrogens is 5. The molecule has 4 aromatic heterocycles. The topological polar surface area (TPSA) is 135 Å². The highest BCUT2D eigenvalue weighted by Crippen LogP contribution is 2.26. The van der Waals surface area contributed by atoms with Crippen LogP contribution < -0.4 is 21.7 Å². The Morgan fingerprint density at radius 3 is 2.57 bits per heavy atom. The molecule has 1 fully saturated rings. The zero-order chi connectivity index (χ0) is 24.4. The maximum atomic E-state index is 14.0. The first-order chi connectivity index (χ1) is 17.0. The number of nitrogens with zero attached hydrogens (tertiary/aromatic N) is 5. The van der Waals surface area contributed by atoms with E-state index in [0.29, 0.717) is 23.0 Å². The van der Waals surface area contributed by atoms with Gasteiger partial charge in [-0.1, -0.05) is 0 Å². The molecule has 5 N–H and O–H groups in total. The number of pyridine rings is 2. The van der Waals surface area contributed by atoms with Gasteiger partial charge in [-0.25, -0.2) is 23.3 Å². The van der Waals surface area contributed by atoms with Crippen molar-refractivity contribution in [3.8, 4) is 0 Å². The van der Waals surface area contributed by atoms with Crippen LogP contribution in [0.1, 0.15) is 36.2 Å². The van der Waals surface area contributed by atoms with E-state index in [-0.39, 0.29) is 23.5 Å². The number of rotatable bonds is 6. The van der Waals surface area contributed by atoms with E-state index >= 15 is 0 Å². The number of anilines is 4. The van der Waals surface area contributed by atoms with Gasteiger partial charge in [0.05, 0.1) is 30.0 Å². The van der Waals surface area contributed by atoms with Crippen molar-refractivity contribution < 1.29 is 13.6 Å². The lowest BCUT2D eigenvalue weighted by Gasteiger charge is -2.27. The molecule has 0 unspecified atom stereocenters. The Balaban J connectivity index is 1.50. The van der Waals surface area contributed by atoms with Crippen LogP contribution in [0.2, 0.25) is 0 Å². The van der Waals surface area contributed by atoms with Crippen molar-refractivity contribution >= 4 is 34.6 Å². The lowest BCUT2D eigenvalue weighted by Crippen LogP contribution is -2.33. The number of fused-ring (bicyclic) bond motifs is 1. The summed E-state index contributed by atoms with van der Waals surface area (Å²) in [6, 6.07) is 6.26.